The maximum Gasteiger partial charge on any atom is 0.222 e. The van der Waals surface area contributed by atoms with E-state index in [1.807, 2.05) is 23.1 Å². The Balaban J connectivity index is 0.00000225. The van der Waals surface area contributed by atoms with Crippen LogP contribution in [0, 0.1) is 0 Å². The molecule has 1 fully saturated rings. The third-order valence-corrected chi connectivity index (χ3v) is 6.61. The van der Waals surface area contributed by atoms with Gasteiger partial charge in [0.1, 0.15) is 5.01 Å². The van der Waals surface area contributed by atoms with Crippen LogP contribution in [0.15, 0.2) is 53.2 Å². The Kier molecular flexibility index (Phi) is 7.62. The van der Waals surface area contributed by atoms with Crippen LogP contribution in [0.3, 0.4) is 0 Å². The van der Waals surface area contributed by atoms with Crippen molar-refractivity contribution in [1.29, 1.82) is 0 Å². The molecule has 4 nitrogen and oxygen atoms in total. The Morgan fingerprint density at radius 3 is 2.50 bits per heavy atom. The number of hydrogen-bond donors (Lipinski definition) is 0. The maximum atomic E-state index is 12.5. The van der Waals surface area contributed by atoms with Gasteiger partial charge in [-0.2, -0.15) is 0 Å². The molecule has 1 amide bonds. The Morgan fingerprint density at radius 2 is 1.79 bits per heavy atom. The van der Waals surface area contributed by atoms with Crippen molar-refractivity contribution >= 4 is 41.0 Å². The fourth-order valence-electron chi connectivity index (χ4n) is 3.32. The second-order valence-electron chi connectivity index (χ2n) is 6.75. The number of piperazine rings is 1. The van der Waals surface area contributed by atoms with Crippen LogP contribution in [0.5, 0.6) is 0 Å². The molecule has 2 aromatic heterocycles. The summed E-state index contributed by atoms with van der Waals surface area (Å²) >= 11 is 3.46. The summed E-state index contributed by atoms with van der Waals surface area (Å²) in [7, 11) is 0. The van der Waals surface area contributed by atoms with Gasteiger partial charge in [0.25, 0.3) is 0 Å². The van der Waals surface area contributed by atoms with Gasteiger partial charge >= 0.3 is 0 Å². The van der Waals surface area contributed by atoms with Crippen LogP contribution < -0.4 is 0 Å². The predicted molar refractivity (Wildman–Crippen MR) is 119 cm³/mol. The van der Waals surface area contributed by atoms with Crippen molar-refractivity contribution in [1.82, 2.24) is 14.8 Å². The average Bonchev–Trinajstić information content (AvgIpc) is 3.39. The molecule has 3 aromatic rings. The number of rotatable bonds is 6. The molecule has 0 radical (unpaired) electrons. The number of hydrogen-bond acceptors (Lipinski definition) is 5. The van der Waals surface area contributed by atoms with E-state index in [-0.39, 0.29) is 18.3 Å². The third kappa shape index (κ3) is 5.41. The summed E-state index contributed by atoms with van der Waals surface area (Å²) in [6.07, 6.45) is 1.42. The molecule has 0 saturated carbocycles. The molecule has 3 heterocycles. The Morgan fingerprint density at radius 1 is 1.00 bits per heavy atom. The number of nitrogens with zero attached hydrogens (tertiary/aromatic N) is 3. The van der Waals surface area contributed by atoms with Gasteiger partial charge in [-0.25, -0.2) is 4.98 Å². The van der Waals surface area contributed by atoms with Crippen molar-refractivity contribution in [3.05, 3.63) is 63.8 Å². The minimum absolute atomic E-state index is 0. The van der Waals surface area contributed by atoms with Crippen LogP contribution >= 0.6 is 35.1 Å². The second-order valence-corrected chi connectivity index (χ2v) is 8.64. The molecule has 0 unspecified atom stereocenters. The molecular formula is C21H24ClN3OS2. The Hall–Kier alpha value is -1.73. The topological polar surface area (TPSA) is 36.4 Å². The molecule has 148 valence electrons. The number of thiophene rings is 1. The zero-order valence-electron chi connectivity index (χ0n) is 15.6. The first kappa shape index (κ1) is 21.0. The average molecular weight is 434 g/mol. The SMILES string of the molecule is Cl.O=C(CCc1ccccc1)N1CCN(Cc2nc(-c3cccs3)cs2)CC1. The van der Waals surface area contributed by atoms with E-state index in [2.05, 4.69) is 39.9 Å². The van der Waals surface area contributed by atoms with Crippen LogP contribution in [-0.4, -0.2) is 46.9 Å². The summed E-state index contributed by atoms with van der Waals surface area (Å²) in [6, 6.07) is 14.4. The summed E-state index contributed by atoms with van der Waals surface area (Å²) in [4.78, 5) is 22.9. The lowest BCUT2D eigenvalue weighted by Gasteiger charge is -2.34. The highest BCUT2D eigenvalue weighted by Gasteiger charge is 2.21. The van der Waals surface area contributed by atoms with Gasteiger partial charge < -0.3 is 4.90 Å². The van der Waals surface area contributed by atoms with E-state index in [1.165, 1.54) is 10.4 Å². The van der Waals surface area contributed by atoms with Crippen LogP contribution in [-0.2, 0) is 17.8 Å². The Bertz CT molecular complexity index is 859. The largest absolute Gasteiger partial charge is 0.340 e. The number of halogens is 1. The van der Waals surface area contributed by atoms with Gasteiger partial charge in [0.05, 0.1) is 17.1 Å². The molecule has 0 bridgehead atoms. The third-order valence-electron chi connectivity index (χ3n) is 4.88. The Labute approximate surface area is 180 Å². The number of aryl methyl sites for hydroxylation is 1. The van der Waals surface area contributed by atoms with Crippen molar-refractivity contribution < 1.29 is 4.79 Å². The summed E-state index contributed by atoms with van der Waals surface area (Å²) in [5.74, 6) is 0.271. The molecule has 1 aromatic carbocycles. The zero-order chi connectivity index (χ0) is 18.5. The summed E-state index contributed by atoms with van der Waals surface area (Å²) in [5, 5.41) is 5.38. The molecule has 0 atom stereocenters. The molecule has 28 heavy (non-hydrogen) atoms. The highest BCUT2D eigenvalue weighted by Crippen LogP contribution is 2.26. The first-order valence-electron chi connectivity index (χ1n) is 9.30. The van der Waals surface area contributed by atoms with E-state index < -0.39 is 0 Å². The number of aromatic nitrogens is 1. The van der Waals surface area contributed by atoms with Gasteiger partial charge in [0, 0.05) is 38.0 Å². The summed E-state index contributed by atoms with van der Waals surface area (Å²) in [6.45, 7) is 4.35. The summed E-state index contributed by atoms with van der Waals surface area (Å²) < 4.78 is 0. The molecule has 0 spiro atoms. The highest BCUT2D eigenvalue weighted by atomic mass is 35.5. The van der Waals surface area contributed by atoms with Crippen molar-refractivity contribution in [3.63, 3.8) is 0 Å². The standard InChI is InChI=1S/C21H23N3OS2.ClH/c25-21(9-8-17-5-2-1-3-6-17)24-12-10-23(11-13-24)15-20-22-18(16-27-20)19-7-4-14-26-19;/h1-7,14,16H,8-13,15H2;1H. The molecule has 1 aliphatic heterocycles. The van der Waals surface area contributed by atoms with E-state index in [9.17, 15) is 4.79 Å². The van der Waals surface area contributed by atoms with E-state index in [0.29, 0.717) is 6.42 Å². The van der Waals surface area contributed by atoms with Gasteiger partial charge in [-0.1, -0.05) is 36.4 Å². The zero-order valence-corrected chi connectivity index (χ0v) is 18.1. The smallest absolute Gasteiger partial charge is 0.222 e. The first-order valence-corrected chi connectivity index (χ1v) is 11.1. The second kappa shape index (κ2) is 10.2. The van der Waals surface area contributed by atoms with Crippen LogP contribution in [0.2, 0.25) is 0 Å². The number of carbonyl (C=O) groups excluding carboxylic acids is 1. The van der Waals surface area contributed by atoms with Gasteiger partial charge in [0.2, 0.25) is 5.91 Å². The fourth-order valence-corrected chi connectivity index (χ4v) is 4.92. The molecule has 0 N–H and O–H groups in total. The van der Waals surface area contributed by atoms with E-state index >= 15 is 0 Å². The number of benzene rings is 1. The predicted octanol–water partition coefficient (Wildman–Crippen LogP) is 4.57. The first-order chi connectivity index (χ1) is 13.3. The maximum absolute atomic E-state index is 12.5. The lowest BCUT2D eigenvalue weighted by molar-refractivity contribution is -0.133. The minimum Gasteiger partial charge on any atom is -0.340 e. The molecular weight excluding hydrogens is 410 g/mol. The number of thiazole rings is 1. The highest BCUT2D eigenvalue weighted by molar-refractivity contribution is 7.14. The van der Waals surface area contributed by atoms with Gasteiger partial charge in [-0.3, -0.25) is 9.69 Å². The van der Waals surface area contributed by atoms with E-state index in [1.54, 1.807) is 22.7 Å². The van der Waals surface area contributed by atoms with Crippen molar-refractivity contribution in [2.24, 2.45) is 0 Å². The lowest BCUT2D eigenvalue weighted by atomic mass is 10.1. The normalized spacial score (nSPS) is 14.6. The molecule has 1 saturated heterocycles. The van der Waals surface area contributed by atoms with Crippen molar-refractivity contribution in [2.45, 2.75) is 19.4 Å². The van der Waals surface area contributed by atoms with Crippen molar-refractivity contribution in [3.8, 4) is 10.6 Å². The quantitative estimate of drug-likeness (QED) is 0.571. The fraction of sp³-hybridized carbons (Fsp3) is 0.333. The van der Waals surface area contributed by atoms with Gasteiger partial charge in [-0.15, -0.1) is 35.1 Å². The molecule has 0 aliphatic carbocycles. The van der Waals surface area contributed by atoms with Crippen LogP contribution in [0.4, 0.5) is 0 Å². The molecule has 4 rings (SSSR count). The van der Waals surface area contributed by atoms with Crippen molar-refractivity contribution in [2.75, 3.05) is 26.2 Å². The number of amides is 1. The minimum atomic E-state index is 0. The van der Waals surface area contributed by atoms with E-state index in [4.69, 9.17) is 4.98 Å². The molecule has 7 heteroatoms. The van der Waals surface area contributed by atoms with Crippen LogP contribution in [0.25, 0.3) is 10.6 Å². The van der Waals surface area contributed by atoms with Crippen LogP contribution in [0.1, 0.15) is 17.0 Å². The van der Waals surface area contributed by atoms with Gasteiger partial charge in [0.15, 0.2) is 0 Å². The number of carbonyl (C=O) groups is 1. The van der Waals surface area contributed by atoms with Gasteiger partial charge in [-0.05, 0) is 23.4 Å². The monoisotopic (exact) mass is 433 g/mol. The van der Waals surface area contributed by atoms with E-state index in [0.717, 1.165) is 49.8 Å². The lowest BCUT2D eigenvalue weighted by Crippen LogP contribution is -2.48. The molecule has 1 aliphatic rings. The summed E-state index contributed by atoms with van der Waals surface area (Å²) in [5.41, 5.74) is 2.31.